The first kappa shape index (κ1) is 79.8. The second-order valence-corrected chi connectivity index (χ2v) is 33.8. The number of hydrogen-bond acceptors (Lipinski definition) is 26. The van der Waals surface area contributed by atoms with Crippen LogP contribution in [0.2, 0.25) is 20.1 Å². The van der Waals surface area contributed by atoms with Crippen LogP contribution in [0.25, 0.3) is 0 Å². The predicted molar refractivity (Wildman–Crippen MR) is 449 cm³/mol. The third-order valence-electron chi connectivity index (χ3n) is 16.2. The molecule has 3 aliphatic rings. The number of pyridine rings is 4. The Morgan fingerprint density at radius 1 is 0.420 bits per heavy atom. The summed E-state index contributed by atoms with van der Waals surface area (Å²) in [5.41, 5.74) is 6.05. The monoisotopic (exact) mass is 1850 g/mol. The van der Waals surface area contributed by atoms with Gasteiger partial charge in [0.2, 0.25) is 5.78 Å². The number of aromatic nitrogens is 10. The van der Waals surface area contributed by atoms with Crippen molar-refractivity contribution in [1.29, 1.82) is 0 Å². The number of nitrogens with two attached hydrogens (primary N) is 2. The summed E-state index contributed by atoms with van der Waals surface area (Å²) < 4.78 is 4.93. The Morgan fingerprint density at radius 3 is 1.04 bits per heavy atom. The van der Waals surface area contributed by atoms with Crippen molar-refractivity contribution in [3.8, 4) is 0 Å². The summed E-state index contributed by atoms with van der Waals surface area (Å²) in [6.07, 6.45) is 8.89. The molecule has 4 amide bonds. The topological polar surface area (TPSA) is 374 Å². The highest BCUT2D eigenvalue weighted by molar-refractivity contribution is 9.10. The van der Waals surface area contributed by atoms with Crippen LogP contribution >= 0.6 is 169 Å². The van der Waals surface area contributed by atoms with Crippen molar-refractivity contribution in [2.75, 3.05) is 16.4 Å². The number of ketones is 1. The molecule has 10 N–H and O–H groups in total. The number of H-pyrrole nitrogens is 1. The Kier molecular flexibility index (Phi) is 24.8. The molecule has 0 radical (unpaired) electrons. The molecule has 0 spiro atoms. The van der Waals surface area contributed by atoms with Crippen molar-refractivity contribution in [3.05, 3.63) is 352 Å². The van der Waals surface area contributed by atoms with Crippen LogP contribution in [0.1, 0.15) is 85.8 Å². The van der Waals surface area contributed by atoms with Gasteiger partial charge in [-0.1, -0.05) is 94.9 Å². The smallest absolute Gasteiger partial charge is 0.277 e. The first-order valence-corrected chi connectivity index (χ1v) is 42.0. The molecule has 0 fully saturated rings. The molecule has 18 heterocycles. The lowest BCUT2D eigenvalue weighted by molar-refractivity contribution is 0.0939. The minimum absolute atomic E-state index is 0.0788. The van der Waals surface area contributed by atoms with E-state index in [0.717, 1.165) is 39.0 Å². The van der Waals surface area contributed by atoms with Gasteiger partial charge in [0.15, 0.2) is 17.0 Å². The van der Waals surface area contributed by atoms with Gasteiger partial charge >= 0.3 is 0 Å². The molecule has 18 rings (SSSR count). The highest BCUT2D eigenvalue weighted by Crippen LogP contribution is 2.46. The van der Waals surface area contributed by atoms with E-state index in [1.165, 1.54) is 148 Å². The number of carbonyl (C=O) groups excluding carboxylic acids is 5. The summed E-state index contributed by atoms with van der Waals surface area (Å²) in [5, 5.41) is 31.0. The van der Waals surface area contributed by atoms with Crippen molar-refractivity contribution < 1.29 is 24.0 Å². The van der Waals surface area contributed by atoms with E-state index in [9.17, 15) is 43.2 Å². The van der Waals surface area contributed by atoms with Crippen molar-refractivity contribution >= 4 is 227 Å². The number of rotatable bonds is 13. The Hall–Kier alpha value is -10.3. The molecule has 112 heavy (non-hydrogen) atoms. The molecule has 15 aromatic heterocycles. The van der Waals surface area contributed by atoms with Crippen LogP contribution in [0, 0.1) is 0 Å². The van der Waals surface area contributed by atoms with E-state index in [2.05, 4.69) is 93.3 Å². The molecule has 0 saturated heterocycles. The third kappa shape index (κ3) is 16.0. The summed E-state index contributed by atoms with van der Waals surface area (Å²) in [5.74, 6) is -0.376. The molecule has 0 atom stereocenters. The van der Waals surface area contributed by atoms with E-state index >= 15 is 0 Å². The zero-order valence-electron chi connectivity index (χ0n) is 56.2. The van der Waals surface area contributed by atoms with Crippen LogP contribution in [0.5, 0.6) is 0 Å². The number of carbonyl (C=O) groups is 5. The first-order chi connectivity index (χ1) is 54.1. The van der Waals surface area contributed by atoms with E-state index in [-0.39, 0.29) is 87.1 Å². The molecule has 0 bridgehead atoms. The maximum absolute atomic E-state index is 13.6. The van der Waals surface area contributed by atoms with Gasteiger partial charge in [-0.15, -0.1) is 90.7 Å². The number of aromatic amines is 1. The van der Waals surface area contributed by atoms with E-state index in [1.54, 1.807) is 36.8 Å². The van der Waals surface area contributed by atoms with E-state index in [0.29, 0.717) is 21.9 Å². The summed E-state index contributed by atoms with van der Waals surface area (Å²) in [7, 11) is 0. The fourth-order valence-electron chi connectivity index (χ4n) is 11.5. The van der Waals surface area contributed by atoms with Crippen LogP contribution in [0.3, 0.4) is 0 Å². The average Bonchev–Trinajstić information content (AvgIpc) is 1.56. The van der Waals surface area contributed by atoms with E-state index in [1.807, 2.05) is 140 Å². The van der Waals surface area contributed by atoms with Gasteiger partial charge in [-0.3, -0.25) is 56.9 Å². The van der Waals surface area contributed by atoms with Crippen LogP contribution in [0.15, 0.2) is 248 Å². The number of primary amides is 1. The lowest BCUT2D eigenvalue weighted by Crippen LogP contribution is -2.48. The van der Waals surface area contributed by atoms with Gasteiger partial charge in [0.1, 0.15) is 70.6 Å². The van der Waals surface area contributed by atoms with Gasteiger partial charge in [0.25, 0.3) is 45.9 Å². The van der Waals surface area contributed by atoms with Crippen LogP contribution < -0.4 is 60.3 Å². The maximum Gasteiger partial charge on any atom is 0.277 e. The fraction of sp³-hybridized carbons (Fsp3) is 0.0417. The molecule has 0 unspecified atom stereocenters. The molecule has 0 aliphatic carbocycles. The number of hydrogen-bond donors (Lipinski definition) is 8. The number of nitrogens with one attached hydrogen (secondary N) is 6. The van der Waals surface area contributed by atoms with Gasteiger partial charge < -0.3 is 43.0 Å². The van der Waals surface area contributed by atoms with Crippen molar-refractivity contribution in [3.63, 3.8) is 0 Å². The Labute approximate surface area is 700 Å². The Bertz CT molecular complexity index is 5810. The van der Waals surface area contributed by atoms with Gasteiger partial charge in [-0.2, -0.15) is 0 Å². The Balaban J connectivity index is 0.000000124. The lowest BCUT2D eigenvalue weighted by Gasteiger charge is -2.30. The molecule has 0 saturated carbocycles. The van der Waals surface area contributed by atoms with Crippen molar-refractivity contribution in [1.82, 2.24) is 64.5 Å². The Morgan fingerprint density at radius 2 is 0.750 bits per heavy atom. The largest absolute Gasteiger partial charge is 0.384 e. The SMILES string of the molecule is NC(=O)c1[nH]c(=O)c(Br)cc1Cl.Nc1ccncn1.O=C(c1cccs1)c1cccs1.O=C1NC(c2cccs2)(c2cccs2)n2c1c(Cl)cc(Br)c2=O.O=C1NC(c2cccs2)(c2cccs2)n2c1c(Cl)cc(Nc1ccncn1)c2=O.O=C1NC(c2cccs2)(c2cccs2)n2c1c(Cl)cc(Nc1ccncn1)c2=O. The normalized spacial score (nSPS) is 13.3. The summed E-state index contributed by atoms with van der Waals surface area (Å²) in [6, 6.07) is 40.8. The molecule has 26 nitrogen and oxygen atoms in total. The highest BCUT2D eigenvalue weighted by atomic mass is 79.9. The van der Waals surface area contributed by atoms with Gasteiger partial charge in [-0.25, -0.2) is 29.9 Å². The summed E-state index contributed by atoms with van der Waals surface area (Å²) >= 11 is 42.7. The number of amides is 4. The minimum atomic E-state index is -1.15. The number of nitrogens with zero attached hydrogens (tertiary/aromatic N) is 9. The zero-order valence-corrected chi connectivity index (χ0v) is 69.0. The standard InChI is InChI=1S/2C19H12ClN5O2S2.C15H8BrClN2O2S2.C9H6OS2.C6H4BrClN2O2.C4H5N3/c2*20-11-9-12(23-15-5-6-21-10-22-15)18(27)25-16(11)17(26)24-19(25,13-3-1-7-28-13)14-4-2-8-29-14;16-8-7-9(17)12-13(20)18-15(19(12)14(8)21,10-3-1-5-22-10)11-4-2-6-23-11;10-9(7-3-1-5-11-7)8-4-2-6-12-8;7-2-1-3(8)4(5(9)11)10-6(2)12;5-4-1-2-6-3-7-4/h2*1-10H,(H,24,26)(H,21,22,23);1-7H,(H,18,20);1-6H;1H,(H2,9,11)(H,10,12);1-3H,(H2,5,6,7). The molecular weight excluding hydrogens is 1810 g/mol. The molecular formula is C72H47Br2Cl4N17O9S8. The number of nitrogen functional groups attached to an aromatic ring is 1. The number of anilines is 5. The van der Waals surface area contributed by atoms with Gasteiger partial charge in [-0.05, 0) is 166 Å². The van der Waals surface area contributed by atoms with Crippen molar-refractivity contribution in [2.45, 2.75) is 17.0 Å². The van der Waals surface area contributed by atoms with Crippen LogP contribution in [0.4, 0.5) is 28.8 Å². The third-order valence-corrected chi connectivity index (χ3v) is 26.1. The number of fused-ring (bicyclic) bond motifs is 3. The molecule has 15 aromatic rings. The fourth-order valence-corrected chi connectivity index (χ4v) is 20.5. The second kappa shape index (κ2) is 34.8. The maximum atomic E-state index is 13.6. The molecule has 0 aromatic carbocycles. The van der Waals surface area contributed by atoms with E-state index in [4.69, 9.17) is 57.9 Å². The van der Waals surface area contributed by atoms with Crippen LogP contribution in [-0.2, 0) is 17.0 Å². The number of thiophene rings is 8. The molecule has 40 heteroatoms. The molecule has 3 aliphatic heterocycles. The van der Waals surface area contributed by atoms with Gasteiger partial charge in [0, 0.05) is 18.6 Å². The first-order valence-electron chi connectivity index (χ1n) is 31.9. The predicted octanol–water partition coefficient (Wildman–Crippen LogP) is 15.2. The second-order valence-electron chi connectivity index (χ2n) is 22.9. The van der Waals surface area contributed by atoms with Gasteiger partial charge in [0.05, 0.1) is 68.1 Å². The van der Waals surface area contributed by atoms with Crippen molar-refractivity contribution in [2.24, 2.45) is 5.73 Å². The summed E-state index contributed by atoms with van der Waals surface area (Å²) in [4.78, 5) is 144. The highest BCUT2D eigenvalue weighted by Gasteiger charge is 2.52. The van der Waals surface area contributed by atoms with Crippen LogP contribution in [-0.4, -0.2) is 78.0 Å². The van der Waals surface area contributed by atoms with E-state index < -0.39 is 40.3 Å². The zero-order chi connectivity index (χ0) is 79.0. The minimum Gasteiger partial charge on any atom is -0.384 e. The summed E-state index contributed by atoms with van der Waals surface area (Å²) in [6.45, 7) is 0. The lowest BCUT2D eigenvalue weighted by atomic mass is 10.1. The quantitative estimate of drug-likeness (QED) is 0.0497. The number of halogens is 6. The average molecular weight is 1850 g/mol. The molecule has 564 valence electrons.